The molecule has 0 radical (unpaired) electrons. The van der Waals surface area contributed by atoms with Crippen LogP contribution in [0.25, 0.3) is 0 Å². The number of aliphatic hydroxyl groups is 1. The van der Waals surface area contributed by atoms with Crippen molar-refractivity contribution in [3.05, 3.63) is 0 Å². The number of unbranched alkanes of at least 4 members (excludes halogenated alkanes) is 14. The number of ether oxygens (including phenoxy) is 3. The predicted octanol–water partition coefficient (Wildman–Crippen LogP) is 7.84. The molecule has 0 bridgehead atoms. The Kier molecular flexibility index (Phi) is 28.8. The minimum Gasteiger partial charge on any atom is -0.464 e. The first-order valence-corrected chi connectivity index (χ1v) is 15.3. The number of aliphatic hydroxyl groups excluding tert-OH is 1. The number of hydrogen-bond donors (Lipinski definition) is 1. The zero-order chi connectivity index (χ0) is 29.0. The van der Waals surface area contributed by atoms with E-state index in [-0.39, 0.29) is 24.1 Å². The normalized spacial score (nSPS) is 11.6. The first-order chi connectivity index (χ1) is 18.1. The van der Waals surface area contributed by atoms with Crippen molar-refractivity contribution in [2.75, 3.05) is 6.61 Å². The quantitative estimate of drug-likeness (QED) is 0.0794. The summed E-state index contributed by atoms with van der Waals surface area (Å²) >= 11 is 0. The molecule has 0 aliphatic rings. The molecule has 0 aliphatic carbocycles. The van der Waals surface area contributed by atoms with Crippen molar-refractivity contribution in [2.45, 2.75) is 175 Å². The summed E-state index contributed by atoms with van der Waals surface area (Å²) in [5, 5.41) is 8.91. The van der Waals surface area contributed by atoms with Gasteiger partial charge in [-0.25, -0.2) is 4.79 Å². The average Bonchev–Trinajstić information content (AvgIpc) is 2.83. The van der Waals surface area contributed by atoms with E-state index in [1.807, 2.05) is 27.7 Å². The van der Waals surface area contributed by atoms with Crippen LogP contribution >= 0.6 is 0 Å². The second-order valence-electron chi connectivity index (χ2n) is 10.7. The van der Waals surface area contributed by atoms with Crippen molar-refractivity contribution in [1.29, 1.82) is 0 Å². The van der Waals surface area contributed by atoms with E-state index in [1.165, 1.54) is 58.3 Å². The molecule has 0 aromatic carbocycles. The number of rotatable bonds is 23. The van der Waals surface area contributed by atoms with Gasteiger partial charge in [-0.3, -0.25) is 9.59 Å². The second kappa shape index (κ2) is 28.4. The third-order valence-electron chi connectivity index (χ3n) is 5.83. The largest absolute Gasteiger partial charge is 0.464 e. The molecule has 38 heavy (non-hydrogen) atoms. The van der Waals surface area contributed by atoms with Crippen LogP contribution < -0.4 is 0 Å². The number of carbonyl (C=O) groups excluding carboxylic acids is 3. The van der Waals surface area contributed by atoms with Gasteiger partial charge in [0.05, 0.1) is 18.8 Å². The molecular weight excluding hydrogens is 484 g/mol. The minimum atomic E-state index is -0.992. The van der Waals surface area contributed by atoms with Gasteiger partial charge in [-0.1, -0.05) is 90.4 Å². The zero-order valence-corrected chi connectivity index (χ0v) is 25.6. The fourth-order valence-electron chi connectivity index (χ4n) is 3.77. The third-order valence-corrected chi connectivity index (χ3v) is 5.83. The molecule has 0 fully saturated rings. The smallest absolute Gasteiger partial charge is 0.334 e. The van der Waals surface area contributed by atoms with Crippen molar-refractivity contribution < 1.29 is 33.7 Å². The van der Waals surface area contributed by atoms with Gasteiger partial charge in [0.1, 0.15) is 6.10 Å². The molecule has 0 aromatic heterocycles. The van der Waals surface area contributed by atoms with Crippen LogP contribution in [0.4, 0.5) is 0 Å². The minimum absolute atomic E-state index is 0.0203. The van der Waals surface area contributed by atoms with Crippen LogP contribution in [0.3, 0.4) is 0 Å². The SMILES string of the molecule is CC(C)OC(=O)CCCCCCCCC(=O)OC(C)C.CCCCCCCCCCCCOC(=O)C(C)O. The molecule has 0 rings (SSSR count). The Balaban J connectivity index is 0. The van der Waals surface area contributed by atoms with E-state index in [0.717, 1.165) is 51.4 Å². The molecule has 1 unspecified atom stereocenters. The van der Waals surface area contributed by atoms with Crippen LogP contribution in [0.2, 0.25) is 0 Å². The van der Waals surface area contributed by atoms with Crippen LogP contribution in [0.1, 0.15) is 157 Å². The maximum absolute atomic E-state index is 11.3. The molecular formula is C31H60O7. The lowest BCUT2D eigenvalue weighted by atomic mass is 10.1. The third kappa shape index (κ3) is 32.4. The van der Waals surface area contributed by atoms with Crippen LogP contribution in [-0.4, -0.2) is 47.9 Å². The Bertz CT molecular complexity index is 530. The molecule has 0 spiro atoms. The maximum atomic E-state index is 11.3. The summed E-state index contributed by atoms with van der Waals surface area (Å²) < 4.78 is 15.0. The fraction of sp³-hybridized carbons (Fsp3) is 0.903. The maximum Gasteiger partial charge on any atom is 0.334 e. The van der Waals surface area contributed by atoms with Gasteiger partial charge in [-0.2, -0.15) is 0 Å². The van der Waals surface area contributed by atoms with Crippen molar-refractivity contribution in [3.8, 4) is 0 Å². The molecule has 226 valence electrons. The molecule has 1 N–H and O–H groups in total. The van der Waals surface area contributed by atoms with E-state index in [9.17, 15) is 14.4 Å². The van der Waals surface area contributed by atoms with Crippen LogP contribution in [0, 0.1) is 0 Å². The Morgan fingerprint density at radius 2 is 0.895 bits per heavy atom. The molecule has 0 saturated carbocycles. The first kappa shape index (κ1) is 38.5. The van der Waals surface area contributed by atoms with Crippen molar-refractivity contribution in [2.24, 2.45) is 0 Å². The van der Waals surface area contributed by atoms with E-state index in [2.05, 4.69) is 6.92 Å². The lowest BCUT2D eigenvalue weighted by Crippen LogP contribution is -2.19. The molecule has 7 nitrogen and oxygen atoms in total. The highest BCUT2D eigenvalue weighted by molar-refractivity contribution is 5.73. The summed E-state index contributed by atoms with van der Waals surface area (Å²) in [5.41, 5.74) is 0. The van der Waals surface area contributed by atoms with Crippen LogP contribution in [-0.2, 0) is 28.6 Å². The predicted molar refractivity (Wildman–Crippen MR) is 154 cm³/mol. The average molecular weight is 545 g/mol. The number of hydrogen-bond acceptors (Lipinski definition) is 7. The van der Waals surface area contributed by atoms with E-state index < -0.39 is 12.1 Å². The fourth-order valence-corrected chi connectivity index (χ4v) is 3.77. The highest BCUT2D eigenvalue weighted by Gasteiger charge is 2.09. The highest BCUT2D eigenvalue weighted by Crippen LogP contribution is 2.11. The lowest BCUT2D eigenvalue weighted by molar-refractivity contribution is -0.152. The Morgan fingerprint density at radius 1 is 0.553 bits per heavy atom. The number of carbonyl (C=O) groups is 3. The van der Waals surface area contributed by atoms with E-state index in [0.29, 0.717) is 19.4 Å². The topological polar surface area (TPSA) is 99.1 Å². The van der Waals surface area contributed by atoms with Gasteiger partial charge >= 0.3 is 17.9 Å². The van der Waals surface area contributed by atoms with Gasteiger partial charge in [0, 0.05) is 12.8 Å². The van der Waals surface area contributed by atoms with Gasteiger partial charge < -0.3 is 19.3 Å². The van der Waals surface area contributed by atoms with E-state index in [1.54, 1.807) is 0 Å². The standard InChI is InChI=1S/C16H30O4.C15H30O3/c1-13(2)19-15(17)11-9-7-5-6-8-10-12-16(18)20-14(3)4;1-3-4-5-6-7-8-9-10-11-12-13-18-15(17)14(2)16/h13-14H,5-12H2,1-4H3;14,16H,3-13H2,1-2H3. The van der Waals surface area contributed by atoms with Crippen molar-refractivity contribution in [3.63, 3.8) is 0 Å². The van der Waals surface area contributed by atoms with Gasteiger partial charge in [-0.15, -0.1) is 0 Å². The van der Waals surface area contributed by atoms with Gasteiger partial charge in [0.2, 0.25) is 0 Å². The van der Waals surface area contributed by atoms with Crippen molar-refractivity contribution in [1.82, 2.24) is 0 Å². The molecule has 1 atom stereocenters. The Labute approximate surface area is 233 Å². The van der Waals surface area contributed by atoms with E-state index >= 15 is 0 Å². The first-order valence-electron chi connectivity index (χ1n) is 15.3. The Hall–Kier alpha value is -1.63. The molecule has 0 heterocycles. The van der Waals surface area contributed by atoms with Crippen LogP contribution in [0.5, 0.6) is 0 Å². The van der Waals surface area contributed by atoms with E-state index in [4.69, 9.17) is 19.3 Å². The Morgan fingerprint density at radius 3 is 1.24 bits per heavy atom. The highest BCUT2D eigenvalue weighted by atomic mass is 16.6. The number of esters is 3. The lowest BCUT2D eigenvalue weighted by Gasteiger charge is -2.08. The summed E-state index contributed by atoms with van der Waals surface area (Å²) in [4.78, 5) is 33.5. The summed E-state index contributed by atoms with van der Waals surface area (Å²) in [5.74, 6) is -0.709. The molecule has 0 amide bonds. The zero-order valence-electron chi connectivity index (χ0n) is 25.6. The second-order valence-corrected chi connectivity index (χ2v) is 10.7. The summed E-state index contributed by atoms with van der Waals surface area (Å²) in [6, 6.07) is 0. The summed E-state index contributed by atoms with van der Waals surface area (Å²) in [6.07, 6.45) is 18.7. The molecule has 0 aliphatic heterocycles. The molecule has 7 heteroatoms. The van der Waals surface area contributed by atoms with Gasteiger partial charge in [-0.05, 0) is 53.9 Å². The van der Waals surface area contributed by atoms with Gasteiger partial charge in [0.25, 0.3) is 0 Å². The van der Waals surface area contributed by atoms with Crippen LogP contribution in [0.15, 0.2) is 0 Å². The van der Waals surface area contributed by atoms with Gasteiger partial charge in [0.15, 0.2) is 0 Å². The van der Waals surface area contributed by atoms with Crippen molar-refractivity contribution >= 4 is 17.9 Å². The molecule has 0 saturated heterocycles. The monoisotopic (exact) mass is 544 g/mol. The molecule has 0 aromatic rings. The summed E-state index contributed by atoms with van der Waals surface area (Å²) in [7, 11) is 0. The summed E-state index contributed by atoms with van der Waals surface area (Å²) in [6.45, 7) is 11.6.